The smallest absolute Gasteiger partial charge is 0.220 e. The quantitative estimate of drug-likeness (QED) is 0.731. The molecule has 0 spiro atoms. The van der Waals surface area contributed by atoms with Crippen molar-refractivity contribution in [1.29, 1.82) is 5.26 Å². The summed E-state index contributed by atoms with van der Waals surface area (Å²) in [5.74, 6) is 0.859. The lowest BCUT2D eigenvalue weighted by atomic mass is 9.92. The number of nitrogens with one attached hydrogen (secondary N) is 1. The van der Waals surface area contributed by atoms with Gasteiger partial charge in [0.1, 0.15) is 0 Å². The van der Waals surface area contributed by atoms with E-state index in [4.69, 9.17) is 5.26 Å². The third kappa shape index (κ3) is 6.96. The fourth-order valence-corrected chi connectivity index (χ4v) is 1.24. The first-order valence-corrected chi connectivity index (χ1v) is 5.63. The van der Waals surface area contributed by atoms with Crippen LogP contribution in [0.25, 0.3) is 0 Å². The van der Waals surface area contributed by atoms with Gasteiger partial charge in [0.2, 0.25) is 5.91 Å². The first-order chi connectivity index (χ1) is 6.97. The van der Waals surface area contributed by atoms with E-state index in [2.05, 4.69) is 25.2 Å². The van der Waals surface area contributed by atoms with E-state index in [1.807, 2.05) is 13.8 Å². The zero-order valence-electron chi connectivity index (χ0n) is 10.2. The normalized spacial score (nSPS) is 12.6. The first-order valence-electron chi connectivity index (χ1n) is 5.63. The van der Waals surface area contributed by atoms with E-state index >= 15 is 0 Å². The summed E-state index contributed by atoms with van der Waals surface area (Å²) in [6.45, 7) is 8.87. The Morgan fingerprint density at radius 2 is 1.93 bits per heavy atom. The minimum absolute atomic E-state index is 0.00481. The summed E-state index contributed by atoms with van der Waals surface area (Å²) in [5, 5.41) is 11.7. The van der Waals surface area contributed by atoms with Crippen LogP contribution in [0.5, 0.6) is 0 Å². The molecule has 0 bridgehead atoms. The molecule has 0 saturated carbocycles. The molecular weight excluding hydrogens is 188 g/mol. The van der Waals surface area contributed by atoms with E-state index < -0.39 is 0 Å². The van der Waals surface area contributed by atoms with E-state index in [1.54, 1.807) is 0 Å². The largest absolute Gasteiger partial charge is 0.356 e. The van der Waals surface area contributed by atoms with Crippen LogP contribution in [0.4, 0.5) is 0 Å². The predicted octanol–water partition coefficient (Wildman–Crippen LogP) is 2.33. The summed E-state index contributed by atoms with van der Waals surface area (Å²) in [4.78, 5) is 11.4. The van der Waals surface area contributed by atoms with Gasteiger partial charge in [-0.1, -0.05) is 27.7 Å². The van der Waals surface area contributed by atoms with Gasteiger partial charge >= 0.3 is 0 Å². The molecule has 0 saturated heterocycles. The standard InChI is InChI=1S/C12H22N2O/c1-9(2)8-14-12(15)6-5-11(7-13)10(3)4/h9-11H,5-6,8H2,1-4H3,(H,14,15). The van der Waals surface area contributed by atoms with Crippen molar-refractivity contribution in [3.05, 3.63) is 0 Å². The third-order valence-electron chi connectivity index (χ3n) is 2.36. The molecule has 0 aliphatic heterocycles. The van der Waals surface area contributed by atoms with Crippen molar-refractivity contribution >= 4 is 5.91 Å². The number of carbonyl (C=O) groups excluding carboxylic acids is 1. The van der Waals surface area contributed by atoms with Gasteiger partial charge in [0.05, 0.1) is 6.07 Å². The maximum atomic E-state index is 11.4. The van der Waals surface area contributed by atoms with Crippen molar-refractivity contribution in [2.24, 2.45) is 17.8 Å². The summed E-state index contributed by atoms with van der Waals surface area (Å²) >= 11 is 0. The van der Waals surface area contributed by atoms with Gasteiger partial charge in [0.15, 0.2) is 0 Å². The molecule has 3 nitrogen and oxygen atoms in total. The van der Waals surface area contributed by atoms with Crippen LogP contribution >= 0.6 is 0 Å². The minimum Gasteiger partial charge on any atom is -0.356 e. The summed E-state index contributed by atoms with van der Waals surface area (Å²) < 4.78 is 0. The Kier molecular flexibility index (Phi) is 6.77. The van der Waals surface area contributed by atoms with Crippen LogP contribution in [-0.2, 0) is 4.79 Å². The molecule has 0 fully saturated rings. The molecule has 0 aliphatic rings. The molecule has 1 atom stereocenters. The minimum atomic E-state index is -0.00481. The number of amides is 1. The van der Waals surface area contributed by atoms with Crippen LogP contribution in [0.2, 0.25) is 0 Å². The topological polar surface area (TPSA) is 52.9 Å². The van der Waals surface area contributed by atoms with Crippen molar-refractivity contribution in [2.45, 2.75) is 40.5 Å². The molecular formula is C12H22N2O. The van der Waals surface area contributed by atoms with Gasteiger partial charge in [-0.3, -0.25) is 4.79 Å². The van der Waals surface area contributed by atoms with E-state index in [0.717, 1.165) is 6.54 Å². The molecule has 15 heavy (non-hydrogen) atoms. The number of rotatable bonds is 6. The Hall–Kier alpha value is -1.04. The van der Waals surface area contributed by atoms with Crippen molar-refractivity contribution < 1.29 is 4.79 Å². The molecule has 0 aromatic heterocycles. The lowest BCUT2D eigenvalue weighted by Crippen LogP contribution is -2.27. The van der Waals surface area contributed by atoms with Gasteiger partial charge in [-0.2, -0.15) is 5.26 Å². The van der Waals surface area contributed by atoms with Crippen molar-refractivity contribution in [3.8, 4) is 6.07 Å². The molecule has 0 heterocycles. The fraction of sp³-hybridized carbons (Fsp3) is 0.833. The lowest BCUT2D eigenvalue weighted by Gasteiger charge is -2.12. The number of nitriles is 1. The summed E-state index contributed by atoms with van der Waals surface area (Å²) in [6, 6.07) is 2.24. The van der Waals surface area contributed by atoms with Crippen LogP contribution in [0.15, 0.2) is 0 Å². The highest BCUT2D eigenvalue weighted by atomic mass is 16.1. The van der Waals surface area contributed by atoms with E-state index in [0.29, 0.717) is 24.7 Å². The van der Waals surface area contributed by atoms with E-state index in [-0.39, 0.29) is 11.8 Å². The van der Waals surface area contributed by atoms with Crippen molar-refractivity contribution in [3.63, 3.8) is 0 Å². The average Bonchev–Trinajstić information content (AvgIpc) is 2.15. The molecule has 1 amide bonds. The fourth-order valence-electron chi connectivity index (χ4n) is 1.24. The highest BCUT2D eigenvalue weighted by Crippen LogP contribution is 2.15. The number of nitrogens with zero attached hydrogens (tertiary/aromatic N) is 1. The third-order valence-corrected chi connectivity index (χ3v) is 2.36. The second-order valence-electron chi connectivity index (χ2n) is 4.72. The molecule has 86 valence electrons. The first kappa shape index (κ1) is 14.0. The van der Waals surface area contributed by atoms with Crippen LogP contribution < -0.4 is 5.32 Å². The molecule has 0 aliphatic carbocycles. The zero-order chi connectivity index (χ0) is 11.8. The maximum Gasteiger partial charge on any atom is 0.220 e. The highest BCUT2D eigenvalue weighted by molar-refractivity contribution is 5.75. The molecule has 0 radical (unpaired) electrons. The van der Waals surface area contributed by atoms with Crippen LogP contribution in [-0.4, -0.2) is 12.5 Å². The Bertz CT molecular complexity index is 228. The second-order valence-corrected chi connectivity index (χ2v) is 4.72. The van der Waals surface area contributed by atoms with E-state index in [1.165, 1.54) is 0 Å². The number of carbonyl (C=O) groups is 1. The van der Waals surface area contributed by atoms with Gasteiger partial charge < -0.3 is 5.32 Å². The molecule has 1 unspecified atom stereocenters. The Labute approximate surface area is 92.9 Å². The number of hydrogen-bond donors (Lipinski definition) is 1. The van der Waals surface area contributed by atoms with Crippen LogP contribution in [0.3, 0.4) is 0 Å². The van der Waals surface area contributed by atoms with E-state index in [9.17, 15) is 4.79 Å². The van der Waals surface area contributed by atoms with Gasteiger partial charge in [-0.25, -0.2) is 0 Å². The van der Waals surface area contributed by atoms with Crippen molar-refractivity contribution in [2.75, 3.05) is 6.54 Å². The monoisotopic (exact) mass is 210 g/mol. The van der Waals surface area contributed by atoms with Gasteiger partial charge in [0.25, 0.3) is 0 Å². The molecule has 0 rings (SSSR count). The van der Waals surface area contributed by atoms with Gasteiger partial charge in [0, 0.05) is 18.9 Å². The SMILES string of the molecule is CC(C)CNC(=O)CCC(C#N)C(C)C. The predicted molar refractivity (Wildman–Crippen MR) is 61.0 cm³/mol. The van der Waals surface area contributed by atoms with Crippen molar-refractivity contribution in [1.82, 2.24) is 5.32 Å². The summed E-state index contributed by atoms with van der Waals surface area (Å²) in [7, 11) is 0. The van der Waals surface area contributed by atoms with Gasteiger partial charge in [-0.15, -0.1) is 0 Å². The molecule has 0 aromatic carbocycles. The Balaban J connectivity index is 3.75. The second kappa shape index (κ2) is 7.28. The number of hydrogen-bond acceptors (Lipinski definition) is 2. The summed E-state index contributed by atoms with van der Waals surface area (Å²) in [5.41, 5.74) is 0. The van der Waals surface area contributed by atoms with Crippen LogP contribution in [0, 0.1) is 29.1 Å². The Morgan fingerprint density at radius 1 is 1.33 bits per heavy atom. The average molecular weight is 210 g/mol. The van der Waals surface area contributed by atoms with Crippen LogP contribution in [0.1, 0.15) is 40.5 Å². The lowest BCUT2D eigenvalue weighted by molar-refractivity contribution is -0.121. The highest BCUT2D eigenvalue weighted by Gasteiger charge is 2.14. The summed E-state index contributed by atoms with van der Waals surface area (Å²) in [6.07, 6.45) is 1.13. The Morgan fingerprint density at radius 3 is 2.33 bits per heavy atom. The molecule has 0 aromatic rings. The van der Waals surface area contributed by atoms with Gasteiger partial charge in [-0.05, 0) is 18.3 Å². The molecule has 3 heteroatoms. The molecule has 1 N–H and O–H groups in total. The maximum absolute atomic E-state index is 11.4. The zero-order valence-corrected chi connectivity index (χ0v) is 10.2.